The monoisotopic (exact) mass is 458 g/mol. The number of anilines is 1. The van der Waals surface area contributed by atoms with Gasteiger partial charge in [0.05, 0.1) is 10.6 Å². The van der Waals surface area contributed by atoms with Gasteiger partial charge in [-0.15, -0.1) is 0 Å². The van der Waals surface area contributed by atoms with E-state index in [4.69, 9.17) is 4.74 Å². The van der Waals surface area contributed by atoms with Crippen molar-refractivity contribution in [3.05, 3.63) is 47.8 Å². The zero-order chi connectivity index (χ0) is 22.9. The predicted octanol–water partition coefficient (Wildman–Crippen LogP) is 1.83. The Kier molecular flexibility index (Phi) is 6.16. The summed E-state index contributed by atoms with van der Waals surface area (Å²) in [5.74, 6) is -0.238. The molecule has 1 aromatic heterocycles. The highest BCUT2D eigenvalue weighted by molar-refractivity contribution is 7.89. The van der Waals surface area contributed by atoms with Crippen molar-refractivity contribution in [3.8, 4) is 5.75 Å². The molecule has 0 spiro atoms. The smallest absolute Gasteiger partial charge is 0.265 e. The molecule has 32 heavy (non-hydrogen) atoms. The maximum atomic E-state index is 13.3. The van der Waals surface area contributed by atoms with Crippen LogP contribution in [-0.2, 0) is 26.2 Å². The molecule has 2 N–H and O–H groups in total. The summed E-state index contributed by atoms with van der Waals surface area (Å²) in [4.78, 5) is 28.5. The van der Waals surface area contributed by atoms with Crippen LogP contribution in [0.2, 0.25) is 0 Å². The number of ether oxygens (including phenoxy) is 1. The maximum absolute atomic E-state index is 13.3. The first kappa shape index (κ1) is 22.2. The van der Waals surface area contributed by atoms with E-state index in [1.54, 1.807) is 32.3 Å². The van der Waals surface area contributed by atoms with Crippen LogP contribution in [0.1, 0.15) is 30.9 Å². The van der Waals surface area contributed by atoms with Crippen molar-refractivity contribution in [1.82, 2.24) is 14.6 Å². The lowest BCUT2D eigenvalue weighted by atomic mass is 9.97. The first-order valence-electron chi connectivity index (χ1n) is 10.5. The Bertz CT molecular complexity index is 1130. The summed E-state index contributed by atoms with van der Waals surface area (Å²) in [5, 5.41) is 5.64. The quantitative estimate of drug-likeness (QED) is 0.706. The van der Waals surface area contributed by atoms with Gasteiger partial charge in [-0.1, -0.05) is 6.07 Å². The van der Waals surface area contributed by atoms with E-state index in [0.717, 1.165) is 5.56 Å². The number of nitrogens with one attached hydrogen (secondary N) is 2. The number of sulfonamides is 1. The van der Waals surface area contributed by atoms with Crippen LogP contribution in [0.25, 0.3) is 0 Å². The third-order valence-electron chi connectivity index (χ3n) is 5.84. The average molecular weight is 459 g/mol. The second-order valence-electron chi connectivity index (χ2n) is 8.12. The topological polar surface area (TPSA) is 118 Å². The largest absolute Gasteiger partial charge is 0.479 e. The fourth-order valence-corrected chi connectivity index (χ4v) is 5.65. The molecule has 2 aromatic rings. The van der Waals surface area contributed by atoms with Gasteiger partial charge in [0.15, 0.2) is 6.10 Å². The van der Waals surface area contributed by atoms with E-state index in [1.807, 2.05) is 12.1 Å². The molecule has 1 aromatic carbocycles. The van der Waals surface area contributed by atoms with E-state index in [9.17, 15) is 18.0 Å². The van der Waals surface area contributed by atoms with Gasteiger partial charge in [-0.2, -0.15) is 4.31 Å². The zero-order valence-corrected chi connectivity index (χ0v) is 18.8. The lowest BCUT2D eigenvalue weighted by molar-refractivity contribution is -0.126. The molecule has 0 bridgehead atoms. The Morgan fingerprint density at radius 3 is 2.75 bits per heavy atom. The number of carbonyl (C=O) groups is 2. The lowest BCUT2D eigenvalue weighted by Crippen LogP contribution is -2.43. The van der Waals surface area contributed by atoms with Crippen molar-refractivity contribution in [2.45, 2.75) is 44.2 Å². The molecule has 2 amide bonds. The van der Waals surface area contributed by atoms with Gasteiger partial charge in [0.1, 0.15) is 5.75 Å². The van der Waals surface area contributed by atoms with Crippen LogP contribution in [0.5, 0.6) is 5.75 Å². The number of aryl methyl sites for hydroxylation is 1. The Hall–Kier alpha value is -2.98. The van der Waals surface area contributed by atoms with Crippen molar-refractivity contribution in [1.29, 1.82) is 0 Å². The van der Waals surface area contributed by atoms with Gasteiger partial charge in [0, 0.05) is 44.0 Å². The SMILES string of the molecule is Cc1cc2c(cc1S(=O)(=O)N1CCC(C(=O)NCc3cccnc3)CC1)OC(C)C(=O)N2. The lowest BCUT2D eigenvalue weighted by Gasteiger charge is -2.31. The van der Waals surface area contributed by atoms with Crippen molar-refractivity contribution < 1.29 is 22.7 Å². The number of nitrogens with zero attached hydrogens (tertiary/aromatic N) is 2. The minimum atomic E-state index is -3.76. The molecule has 0 radical (unpaired) electrons. The Labute approximate surface area is 187 Å². The molecule has 0 aliphatic carbocycles. The van der Waals surface area contributed by atoms with Gasteiger partial charge in [-0.3, -0.25) is 14.6 Å². The highest BCUT2D eigenvalue weighted by Gasteiger charge is 2.34. The van der Waals surface area contributed by atoms with Crippen LogP contribution >= 0.6 is 0 Å². The molecule has 9 nitrogen and oxygen atoms in total. The average Bonchev–Trinajstić information content (AvgIpc) is 2.79. The van der Waals surface area contributed by atoms with E-state index in [1.165, 1.54) is 10.4 Å². The number of pyridine rings is 1. The van der Waals surface area contributed by atoms with Gasteiger partial charge in [0.2, 0.25) is 15.9 Å². The molecular formula is C22H26N4O5S. The number of aromatic nitrogens is 1. The number of piperidine rings is 1. The molecule has 2 aliphatic heterocycles. The number of hydrogen-bond acceptors (Lipinski definition) is 6. The first-order chi connectivity index (χ1) is 15.3. The van der Waals surface area contributed by atoms with Crippen molar-refractivity contribution in [2.24, 2.45) is 5.92 Å². The molecule has 10 heteroatoms. The molecular weight excluding hydrogens is 432 g/mol. The minimum Gasteiger partial charge on any atom is -0.479 e. The van der Waals surface area contributed by atoms with Crippen LogP contribution in [-0.4, -0.2) is 48.7 Å². The number of amides is 2. The second-order valence-corrected chi connectivity index (χ2v) is 10.0. The summed E-state index contributed by atoms with van der Waals surface area (Å²) in [6.45, 7) is 4.22. The van der Waals surface area contributed by atoms with Gasteiger partial charge >= 0.3 is 0 Å². The Morgan fingerprint density at radius 1 is 1.31 bits per heavy atom. The van der Waals surface area contributed by atoms with Crippen LogP contribution in [0.15, 0.2) is 41.6 Å². The van der Waals surface area contributed by atoms with E-state index >= 15 is 0 Å². The number of benzene rings is 1. The number of hydrogen-bond donors (Lipinski definition) is 2. The Balaban J connectivity index is 1.41. The summed E-state index contributed by atoms with van der Waals surface area (Å²) in [6, 6.07) is 6.79. The third-order valence-corrected chi connectivity index (χ3v) is 7.88. The molecule has 1 unspecified atom stereocenters. The fourth-order valence-electron chi connectivity index (χ4n) is 3.95. The van der Waals surface area contributed by atoms with E-state index in [2.05, 4.69) is 15.6 Å². The molecule has 0 saturated carbocycles. The van der Waals surface area contributed by atoms with Gasteiger partial charge in [-0.25, -0.2) is 8.42 Å². The molecule has 1 atom stereocenters. The summed E-state index contributed by atoms with van der Waals surface area (Å²) in [6.07, 6.45) is 3.58. The molecule has 3 heterocycles. The molecule has 1 fully saturated rings. The third kappa shape index (κ3) is 4.46. The normalized spacial score (nSPS) is 19.6. The van der Waals surface area contributed by atoms with E-state index in [0.29, 0.717) is 36.4 Å². The van der Waals surface area contributed by atoms with Crippen molar-refractivity contribution in [2.75, 3.05) is 18.4 Å². The minimum absolute atomic E-state index is 0.0750. The second kappa shape index (κ2) is 8.87. The molecule has 1 saturated heterocycles. The summed E-state index contributed by atoms with van der Waals surface area (Å²) in [7, 11) is -3.76. The van der Waals surface area contributed by atoms with Gasteiger partial charge in [0.25, 0.3) is 5.91 Å². The fraction of sp³-hybridized carbons (Fsp3) is 0.409. The van der Waals surface area contributed by atoms with Crippen molar-refractivity contribution >= 4 is 27.5 Å². The van der Waals surface area contributed by atoms with E-state index < -0.39 is 16.1 Å². The number of fused-ring (bicyclic) bond motifs is 1. The highest BCUT2D eigenvalue weighted by atomic mass is 32.2. The number of carbonyl (C=O) groups excluding carboxylic acids is 2. The zero-order valence-electron chi connectivity index (χ0n) is 18.0. The summed E-state index contributed by atoms with van der Waals surface area (Å²) in [5.41, 5.74) is 1.91. The summed E-state index contributed by atoms with van der Waals surface area (Å²) < 4.78 is 33.6. The Morgan fingerprint density at radius 2 is 2.06 bits per heavy atom. The first-order valence-corrected chi connectivity index (χ1v) is 12.0. The van der Waals surface area contributed by atoms with Crippen LogP contribution in [0.4, 0.5) is 5.69 Å². The van der Waals surface area contributed by atoms with Crippen LogP contribution in [0, 0.1) is 12.8 Å². The predicted molar refractivity (Wildman–Crippen MR) is 117 cm³/mol. The number of rotatable bonds is 5. The van der Waals surface area contributed by atoms with Crippen LogP contribution < -0.4 is 15.4 Å². The highest BCUT2D eigenvalue weighted by Crippen LogP contribution is 2.36. The molecule has 2 aliphatic rings. The van der Waals surface area contributed by atoms with Gasteiger partial charge < -0.3 is 15.4 Å². The van der Waals surface area contributed by atoms with Crippen LogP contribution in [0.3, 0.4) is 0 Å². The van der Waals surface area contributed by atoms with Crippen molar-refractivity contribution in [3.63, 3.8) is 0 Å². The molecule has 4 rings (SSSR count). The van der Waals surface area contributed by atoms with E-state index in [-0.39, 0.29) is 35.7 Å². The standard InChI is InChI=1S/C22H26N4O5S/c1-14-10-18-19(31-15(2)21(27)25-18)11-20(14)32(29,30)26-8-5-17(6-9-26)22(28)24-13-16-4-3-7-23-12-16/h3-4,7,10-12,15,17H,5-6,8-9,13H2,1-2H3,(H,24,28)(H,25,27). The van der Waals surface area contributed by atoms with Gasteiger partial charge in [-0.05, 0) is 49.9 Å². The summed E-state index contributed by atoms with van der Waals surface area (Å²) >= 11 is 0. The molecule has 170 valence electrons. The maximum Gasteiger partial charge on any atom is 0.265 e.